The maximum absolute atomic E-state index is 7.55. The Hall–Kier alpha value is -3.08. The molecule has 5 nitrogen and oxygen atoms in total. The van der Waals surface area contributed by atoms with Gasteiger partial charge in [-0.05, 0) is 35.6 Å². The lowest BCUT2D eigenvalue weighted by Gasteiger charge is -2.19. The highest BCUT2D eigenvalue weighted by Gasteiger charge is 2.20. The summed E-state index contributed by atoms with van der Waals surface area (Å²) in [5, 5.41) is 15.0. The molecule has 0 aliphatic heterocycles. The van der Waals surface area contributed by atoms with Crippen molar-refractivity contribution in [3.8, 4) is 11.3 Å². The molecule has 1 aliphatic carbocycles. The number of benzene rings is 1. The van der Waals surface area contributed by atoms with Gasteiger partial charge in [-0.1, -0.05) is 43.3 Å². The van der Waals surface area contributed by atoms with Crippen LogP contribution in [0.5, 0.6) is 0 Å². The van der Waals surface area contributed by atoms with Gasteiger partial charge in [0.1, 0.15) is 23.2 Å². The number of nitrogens with one attached hydrogen (secondary N) is 2. The van der Waals surface area contributed by atoms with Crippen LogP contribution in [-0.2, 0) is 0 Å². The summed E-state index contributed by atoms with van der Waals surface area (Å²) >= 11 is 0. The molecule has 0 saturated carbocycles. The Morgan fingerprint density at radius 1 is 0.958 bits per heavy atom. The quantitative estimate of drug-likeness (QED) is 0.510. The molecule has 0 radical (unpaired) electrons. The van der Waals surface area contributed by atoms with E-state index < -0.39 is 0 Å². The zero-order chi connectivity index (χ0) is 17.3. The third kappa shape index (κ3) is 3.01. The van der Waals surface area contributed by atoms with Gasteiger partial charge in [-0.2, -0.15) is 0 Å². The van der Waals surface area contributed by atoms with Crippen LogP contribution in [0.1, 0.15) is 24.7 Å². The van der Waals surface area contributed by atoms with E-state index in [2.05, 4.69) is 6.92 Å². The minimum Gasteiger partial charge on any atom is -0.456 e. The summed E-state index contributed by atoms with van der Waals surface area (Å²) in [5.74, 6) is 2.02. The Morgan fingerprint density at radius 3 is 2.21 bits per heavy atom. The van der Waals surface area contributed by atoms with Crippen LogP contribution in [0.3, 0.4) is 0 Å². The molecule has 0 fully saturated rings. The van der Waals surface area contributed by atoms with Crippen LogP contribution in [0.4, 0.5) is 0 Å². The average Bonchev–Trinajstić information content (AvgIpc) is 3.04. The predicted molar refractivity (Wildman–Crippen MR) is 96.9 cm³/mol. The average molecular weight is 320 g/mol. The largest absolute Gasteiger partial charge is 0.456 e. The molecule has 24 heavy (non-hydrogen) atoms. The Kier molecular flexibility index (Phi) is 4.08. The van der Waals surface area contributed by atoms with Crippen LogP contribution >= 0.6 is 0 Å². The minimum absolute atomic E-state index is 0.0518. The van der Waals surface area contributed by atoms with Gasteiger partial charge in [0.05, 0.1) is 0 Å². The highest BCUT2D eigenvalue weighted by Crippen LogP contribution is 2.35. The van der Waals surface area contributed by atoms with Crippen molar-refractivity contribution in [3.05, 3.63) is 65.4 Å². The van der Waals surface area contributed by atoms with Crippen LogP contribution in [0.2, 0.25) is 0 Å². The van der Waals surface area contributed by atoms with E-state index >= 15 is 0 Å². The summed E-state index contributed by atoms with van der Waals surface area (Å²) in [6.07, 6.45) is 4.61. The summed E-state index contributed by atoms with van der Waals surface area (Å²) in [4.78, 5) is 0. The maximum atomic E-state index is 7.55. The van der Waals surface area contributed by atoms with Crippen molar-refractivity contribution in [2.75, 3.05) is 0 Å². The number of hydrogen-bond donors (Lipinski definition) is 4. The first-order valence-electron chi connectivity index (χ1n) is 7.76. The lowest BCUT2D eigenvalue weighted by molar-refractivity contribution is 0.554. The normalized spacial score (nSPS) is 17.1. The number of hydrogen-bond acceptors (Lipinski definition) is 3. The van der Waals surface area contributed by atoms with Crippen LogP contribution in [-0.4, -0.2) is 11.7 Å². The topological polar surface area (TPSA) is 113 Å². The summed E-state index contributed by atoms with van der Waals surface area (Å²) in [6, 6.07) is 11.3. The second-order valence-electron chi connectivity index (χ2n) is 5.99. The summed E-state index contributed by atoms with van der Waals surface area (Å²) in [6.45, 7) is 2.10. The molecule has 2 aromatic rings. The van der Waals surface area contributed by atoms with Crippen molar-refractivity contribution in [1.29, 1.82) is 10.8 Å². The van der Waals surface area contributed by atoms with Gasteiger partial charge in [-0.15, -0.1) is 0 Å². The van der Waals surface area contributed by atoms with E-state index in [0.29, 0.717) is 5.56 Å². The van der Waals surface area contributed by atoms with Crippen LogP contribution in [0.15, 0.2) is 58.5 Å². The summed E-state index contributed by atoms with van der Waals surface area (Å²) in [5.41, 5.74) is 14.6. The zero-order valence-electron chi connectivity index (χ0n) is 13.5. The molecule has 5 heteroatoms. The molecule has 1 unspecified atom stereocenters. The van der Waals surface area contributed by atoms with Crippen LogP contribution in [0, 0.1) is 16.7 Å². The molecule has 3 rings (SSSR count). The molecule has 0 saturated heterocycles. The predicted octanol–water partition coefficient (Wildman–Crippen LogP) is 3.52. The number of amidine groups is 2. The molecule has 0 spiro atoms. The second-order valence-corrected chi connectivity index (χ2v) is 5.99. The Bertz CT molecular complexity index is 856. The molecule has 0 bridgehead atoms. The van der Waals surface area contributed by atoms with E-state index in [4.69, 9.17) is 26.7 Å². The summed E-state index contributed by atoms with van der Waals surface area (Å²) < 4.78 is 6.01. The van der Waals surface area contributed by atoms with Crippen molar-refractivity contribution in [1.82, 2.24) is 0 Å². The minimum atomic E-state index is 0.0518. The van der Waals surface area contributed by atoms with E-state index in [-0.39, 0.29) is 17.6 Å². The lowest BCUT2D eigenvalue weighted by Crippen LogP contribution is -2.17. The van der Waals surface area contributed by atoms with E-state index in [1.54, 1.807) is 0 Å². The fourth-order valence-electron chi connectivity index (χ4n) is 2.85. The second kappa shape index (κ2) is 6.20. The summed E-state index contributed by atoms with van der Waals surface area (Å²) in [7, 11) is 0. The first kappa shape index (κ1) is 15.8. The SMILES string of the molecule is CC1CC(C(=N)N)=CC=C1c1ccc(-c2ccc(C(=N)N)cc2)o1. The van der Waals surface area contributed by atoms with Gasteiger partial charge in [0.25, 0.3) is 0 Å². The molecule has 122 valence electrons. The van der Waals surface area contributed by atoms with Crippen molar-refractivity contribution >= 4 is 17.2 Å². The highest BCUT2D eigenvalue weighted by atomic mass is 16.3. The molecule has 0 amide bonds. The van der Waals surface area contributed by atoms with Crippen molar-refractivity contribution in [2.45, 2.75) is 13.3 Å². The van der Waals surface area contributed by atoms with Crippen molar-refractivity contribution in [3.63, 3.8) is 0 Å². The van der Waals surface area contributed by atoms with Gasteiger partial charge in [-0.3, -0.25) is 10.8 Å². The van der Waals surface area contributed by atoms with Gasteiger partial charge in [0.2, 0.25) is 0 Å². The van der Waals surface area contributed by atoms with Gasteiger partial charge in [0.15, 0.2) is 0 Å². The van der Waals surface area contributed by atoms with Crippen molar-refractivity contribution < 1.29 is 4.42 Å². The van der Waals surface area contributed by atoms with Crippen LogP contribution < -0.4 is 11.5 Å². The first-order chi connectivity index (χ1) is 11.5. The van der Waals surface area contributed by atoms with Gasteiger partial charge in [-0.25, -0.2) is 0 Å². The molecule has 6 N–H and O–H groups in total. The van der Waals surface area contributed by atoms with Gasteiger partial charge in [0, 0.05) is 11.1 Å². The molecular formula is C19H20N4O. The highest BCUT2D eigenvalue weighted by molar-refractivity contribution is 5.96. The van der Waals surface area contributed by atoms with E-state index in [0.717, 1.165) is 34.7 Å². The third-order valence-electron chi connectivity index (χ3n) is 4.24. The zero-order valence-corrected chi connectivity index (χ0v) is 13.5. The Morgan fingerprint density at radius 2 is 1.62 bits per heavy atom. The van der Waals surface area contributed by atoms with Gasteiger partial charge >= 0.3 is 0 Å². The Balaban J connectivity index is 1.88. The Labute approximate surface area is 140 Å². The maximum Gasteiger partial charge on any atom is 0.134 e. The molecule has 1 aliphatic rings. The molecule has 1 heterocycles. The first-order valence-corrected chi connectivity index (χ1v) is 7.76. The van der Waals surface area contributed by atoms with E-state index in [1.165, 1.54) is 0 Å². The number of nitrogen functional groups attached to an aromatic ring is 1. The van der Waals surface area contributed by atoms with E-state index in [9.17, 15) is 0 Å². The number of nitrogens with two attached hydrogens (primary N) is 2. The number of furan rings is 1. The lowest BCUT2D eigenvalue weighted by atomic mass is 9.87. The molecule has 1 aromatic heterocycles. The number of allylic oxidation sites excluding steroid dienone is 3. The molecular weight excluding hydrogens is 300 g/mol. The molecule has 1 aromatic carbocycles. The fraction of sp³-hybridized carbons (Fsp3) is 0.158. The van der Waals surface area contributed by atoms with Crippen molar-refractivity contribution in [2.24, 2.45) is 17.4 Å². The smallest absolute Gasteiger partial charge is 0.134 e. The number of rotatable bonds is 4. The third-order valence-corrected chi connectivity index (χ3v) is 4.24. The van der Waals surface area contributed by atoms with Crippen LogP contribution in [0.25, 0.3) is 16.9 Å². The van der Waals surface area contributed by atoms with Gasteiger partial charge < -0.3 is 15.9 Å². The van der Waals surface area contributed by atoms with E-state index in [1.807, 2.05) is 48.6 Å². The standard InChI is InChI=1S/C19H20N4O/c1-11-10-14(19(22)23)6-7-15(11)17-9-8-16(24-17)12-2-4-13(5-3-12)18(20)21/h2-9,11H,10H2,1H3,(H3,20,21)(H3,22,23). The monoisotopic (exact) mass is 320 g/mol. The fourth-order valence-corrected chi connectivity index (χ4v) is 2.85. The molecule has 1 atom stereocenters.